The molecule has 4 rings (SSSR count). The van der Waals surface area contributed by atoms with Gasteiger partial charge in [-0.1, -0.05) is 35.6 Å². The van der Waals surface area contributed by atoms with Gasteiger partial charge < -0.3 is 14.4 Å². The van der Waals surface area contributed by atoms with Crippen LogP contribution < -0.4 is 24.5 Å². The molecule has 176 valence electrons. The number of anilines is 1. The summed E-state index contributed by atoms with van der Waals surface area (Å²) in [6, 6.07) is 14.7. The fourth-order valence-corrected chi connectivity index (χ4v) is 4.96. The second-order valence-electron chi connectivity index (χ2n) is 8.06. The number of hydrogen-bond acceptors (Lipinski definition) is 7. The van der Waals surface area contributed by atoms with Crippen molar-refractivity contribution >= 4 is 29.1 Å². The van der Waals surface area contributed by atoms with Crippen LogP contribution in [0.4, 0.5) is 5.69 Å². The Labute approximate surface area is 201 Å². The highest BCUT2D eigenvalue weighted by Crippen LogP contribution is 2.31. The van der Waals surface area contributed by atoms with Crippen LogP contribution in [0.15, 0.2) is 69.6 Å². The average molecular weight is 478 g/mol. The fourth-order valence-electron chi connectivity index (χ4n) is 3.91. The Morgan fingerprint density at radius 2 is 1.82 bits per heavy atom. The van der Waals surface area contributed by atoms with Crippen molar-refractivity contribution in [3.63, 3.8) is 0 Å². The summed E-state index contributed by atoms with van der Waals surface area (Å²) in [4.78, 5) is 33.7. The molecule has 0 aliphatic carbocycles. The third kappa shape index (κ3) is 4.41. The quantitative estimate of drug-likeness (QED) is 0.511. The smallest absolute Gasteiger partial charge is 0.338 e. The summed E-state index contributed by atoms with van der Waals surface area (Å²) in [5.74, 6) is 0.282. The number of rotatable bonds is 6. The van der Waals surface area contributed by atoms with Gasteiger partial charge in [-0.3, -0.25) is 9.36 Å². The first-order chi connectivity index (χ1) is 16.3. The Hall–Kier alpha value is -3.65. The number of ether oxygens (including phenoxy) is 2. The van der Waals surface area contributed by atoms with E-state index in [1.165, 1.54) is 11.3 Å². The highest BCUT2D eigenvalue weighted by atomic mass is 32.1. The van der Waals surface area contributed by atoms with E-state index < -0.39 is 12.0 Å². The lowest BCUT2D eigenvalue weighted by Gasteiger charge is -2.25. The molecule has 0 unspecified atom stereocenters. The van der Waals surface area contributed by atoms with Crippen molar-refractivity contribution in [3.8, 4) is 5.75 Å². The second kappa shape index (κ2) is 9.69. The lowest BCUT2D eigenvalue weighted by atomic mass is 9.95. The van der Waals surface area contributed by atoms with E-state index in [-0.39, 0.29) is 12.2 Å². The fraction of sp³-hybridized carbons (Fsp3) is 0.269. The Bertz CT molecular complexity index is 1410. The number of esters is 1. The summed E-state index contributed by atoms with van der Waals surface area (Å²) in [5, 5.41) is 0. The van der Waals surface area contributed by atoms with Gasteiger partial charge in [-0.2, -0.15) is 0 Å². The van der Waals surface area contributed by atoms with Crippen molar-refractivity contribution in [2.75, 3.05) is 32.7 Å². The zero-order valence-electron chi connectivity index (χ0n) is 19.9. The molecule has 7 nitrogen and oxygen atoms in total. The van der Waals surface area contributed by atoms with E-state index in [0.29, 0.717) is 20.6 Å². The number of aromatic nitrogens is 1. The normalized spacial score (nSPS) is 15.6. The van der Waals surface area contributed by atoms with Gasteiger partial charge in [0.15, 0.2) is 4.80 Å². The van der Waals surface area contributed by atoms with Gasteiger partial charge in [-0.25, -0.2) is 9.79 Å². The first kappa shape index (κ1) is 23.5. The Kier molecular flexibility index (Phi) is 6.70. The molecule has 1 atom stereocenters. The highest BCUT2D eigenvalue weighted by Gasteiger charge is 2.33. The number of carbonyl (C=O) groups is 1. The van der Waals surface area contributed by atoms with Crippen molar-refractivity contribution in [2.45, 2.75) is 19.9 Å². The molecule has 0 fully saturated rings. The standard InChI is InChI=1S/C26H27N3O4S/c1-6-33-25(31)22-16(2)27-26-29(23(22)18-9-11-19(12-10-18)28(3)4)24(30)21(34-26)15-17-7-13-20(32-5)14-8-17/h7-15,23H,6H2,1-5H3/b21-15-/t23-/m1/s1. The number of carbonyl (C=O) groups excluding carboxylic acids is 1. The monoisotopic (exact) mass is 477 g/mol. The molecule has 0 radical (unpaired) electrons. The second-order valence-corrected chi connectivity index (χ2v) is 9.07. The van der Waals surface area contributed by atoms with E-state index in [2.05, 4.69) is 4.99 Å². The number of methoxy groups -OCH3 is 1. The minimum Gasteiger partial charge on any atom is -0.497 e. The lowest BCUT2D eigenvalue weighted by Crippen LogP contribution is -2.39. The van der Waals surface area contributed by atoms with Crippen molar-refractivity contribution in [2.24, 2.45) is 4.99 Å². The van der Waals surface area contributed by atoms with Crippen molar-refractivity contribution in [1.82, 2.24) is 4.57 Å². The predicted molar refractivity (Wildman–Crippen MR) is 134 cm³/mol. The van der Waals surface area contributed by atoms with Crippen LogP contribution >= 0.6 is 11.3 Å². The van der Waals surface area contributed by atoms with Crippen molar-refractivity contribution in [3.05, 3.63) is 90.6 Å². The van der Waals surface area contributed by atoms with E-state index in [1.54, 1.807) is 25.5 Å². The zero-order valence-corrected chi connectivity index (χ0v) is 20.7. The molecule has 0 N–H and O–H groups in total. The molecule has 34 heavy (non-hydrogen) atoms. The molecule has 3 aromatic rings. The van der Waals surface area contributed by atoms with Gasteiger partial charge in [0.05, 0.1) is 35.6 Å². The van der Waals surface area contributed by atoms with E-state index in [0.717, 1.165) is 22.6 Å². The van der Waals surface area contributed by atoms with Gasteiger partial charge in [0.1, 0.15) is 5.75 Å². The molecule has 0 saturated carbocycles. The minimum atomic E-state index is -0.621. The third-order valence-electron chi connectivity index (χ3n) is 5.66. The summed E-state index contributed by atoms with van der Waals surface area (Å²) in [7, 11) is 5.54. The van der Waals surface area contributed by atoms with Gasteiger partial charge >= 0.3 is 5.97 Å². The molecule has 1 aliphatic rings. The van der Waals surface area contributed by atoms with Gasteiger partial charge in [-0.15, -0.1) is 0 Å². The lowest BCUT2D eigenvalue weighted by molar-refractivity contribution is -0.139. The predicted octanol–water partition coefficient (Wildman–Crippen LogP) is 2.87. The number of fused-ring (bicyclic) bond motifs is 1. The highest BCUT2D eigenvalue weighted by molar-refractivity contribution is 7.07. The number of benzene rings is 2. The van der Waals surface area contributed by atoms with Crippen LogP contribution in [0.5, 0.6) is 5.75 Å². The van der Waals surface area contributed by atoms with E-state index in [4.69, 9.17) is 9.47 Å². The van der Waals surface area contributed by atoms with Gasteiger partial charge in [0.2, 0.25) is 0 Å². The van der Waals surface area contributed by atoms with Crippen LogP contribution in [-0.4, -0.2) is 38.3 Å². The average Bonchev–Trinajstić information content (AvgIpc) is 3.13. The number of thiazole rings is 1. The van der Waals surface area contributed by atoms with Gasteiger partial charge in [-0.05, 0) is 55.3 Å². The van der Waals surface area contributed by atoms with Crippen LogP contribution in [0.3, 0.4) is 0 Å². The number of hydrogen-bond donors (Lipinski definition) is 0. The van der Waals surface area contributed by atoms with Gasteiger partial charge in [0, 0.05) is 19.8 Å². The molecular formula is C26H27N3O4S. The molecule has 1 aliphatic heterocycles. The molecule has 0 saturated heterocycles. The molecule has 0 amide bonds. The topological polar surface area (TPSA) is 73.1 Å². The largest absolute Gasteiger partial charge is 0.497 e. The summed E-state index contributed by atoms with van der Waals surface area (Å²) in [5.41, 5.74) is 3.45. The molecule has 2 heterocycles. The molecule has 2 aromatic carbocycles. The molecule has 1 aromatic heterocycles. The molecule has 0 spiro atoms. The maximum atomic E-state index is 13.6. The molecule has 8 heteroatoms. The number of allylic oxidation sites excluding steroid dienone is 1. The SMILES string of the molecule is CCOC(=O)C1=C(C)N=c2s/c(=C\c3ccc(OC)cc3)c(=O)n2[C@@H]1c1ccc(N(C)C)cc1. The Balaban J connectivity index is 1.90. The van der Waals surface area contributed by atoms with Crippen LogP contribution in [0.1, 0.15) is 31.0 Å². The van der Waals surface area contributed by atoms with E-state index in [9.17, 15) is 9.59 Å². The van der Waals surface area contributed by atoms with Gasteiger partial charge in [0.25, 0.3) is 5.56 Å². The van der Waals surface area contributed by atoms with Crippen molar-refractivity contribution < 1.29 is 14.3 Å². The maximum Gasteiger partial charge on any atom is 0.338 e. The molecular weight excluding hydrogens is 450 g/mol. The summed E-state index contributed by atoms with van der Waals surface area (Å²) in [6.45, 7) is 3.79. The molecule has 0 bridgehead atoms. The Morgan fingerprint density at radius 3 is 2.41 bits per heavy atom. The number of nitrogens with zero attached hydrogens (tertiary/aromatic N) is 3. The van der Waals surface area contributed by atoms with Crippen LogP contribution in [0.2, 0.25) is 0 Å². The van der Waals surface area contributed by atoms with Crippen LogP contribution in [0.25, 0.3) is 6.08 Å². The summed E-state index contributed by atoms with van der Waals surface area (Å²) >= 11 is 1.31. The van der Waals surface area contributed by atoms with E-state index in [1.807, 2.05) is 73.6 Å². The maximum absolute atomic E-state index is 13.6. The first-order valence-electron chi connectivity index (χ1n) is 10.9. The summed E-state index contributed by atoms with van der Waals surface area (Å²) in [6.07, 6.45) is 1.83. The van der Waals surface area contributed by atoms with E-state index >= 15 is 0 Å². The Morgan fingerprint density at radius 1 is 1.15 bits per heavy atom. The summed E-state index contributed by atoms with van der Waals surface area (Å²) < 4.78 is 12.7. The van der Waals surface area contributed by atoms with Crippen LogP contribution in [-0.2, 0) is 9.53 Å². The third-order valence-corrected chi connectivity index (χ3v) is 6.64. The van der Waals surface area contributed by atoms with Crippen molar-refractivity contribution in [1.29, 1.82) is 0 Å². The first-order valence-corrected chi connectivity index (χ1v) is 11.8. The minimum absolute atomic E-state index is 0.199. The van der Waals surface area contributed by atoms with Crippen LogP contribution in [0, 0.1) is 0 Å². The zero-order chi connectivity index (χ0) is 24.4.